The predicted octanol–water partition coefficient (Wildman–Crippen LogP) is 2.99. The minimum Gasteiger partial charge on any atom is -0.478 e. The molecule has 8 heteroatoms. The molecule has 0 radical (unpaired) electrons. The van der Waals surface area contributed by atoms with Crippen LogP contribution < -0.4 is 10.6 Å². The maximum Gasteiger partial charge on any atom is 0.336 e. The Morgan fingerprint density at radius 2 is 1.96 bits per heavy atom. The molecule has 26 heavy (non-hydrogen) atoms. The van der Waals surface area contributed by atoms with Gasteiger partial charge in [0.25, 0.3) is 0 Å². The lowest BCUT2D eigenvalue weighted by molar-refractivity contribution is -0.118. The summed E-state index contributed by atoms with van der Waals surface area (Å²) in [5.41, 5.74) is 1.67. The van der Waals surface area contributed by atoms with Crippen LogP contribution >= 0.6 is 0 Å². The number of ketones is 1. The number of aromatic nitrogens is 2. The number of allylic oxidation sites excluding steroid dienone is 1. The number of carboxylic acids is 1. The largest absolute Gasteiger partial charge is 0.478 e. The SMILES string of the molecule is CC1(C)CC(=O)C2=C(C1)Nc1nonc1NC2c1ccccc1C(=O)O. The van der Waals surface area contributed by atoms with Crippen LogP contribution in [-0.4, -0.2) is 27.2 Å². The molecule has 1 aliphatic carbocycles. The Balaban J connectivity index is 1.92. The Morgan fingerprint density at radius 1 is 1.23 bits per heavy atom. The first-order chi connectivity index (χ1) is 12.4. The molecule has 0 spiro atoms. The van der Waals surface area contributed by atoms with E-state index >= 15 is 0 Å². The highest BCUT2D eigenvalue weighted by atomic mass is 16.6. The van der Waals surface area contributed by atoms with Gasteiger partial charge >= 0.3 is 5.97 Å². The molecule has 1 aromatic heterocycles. The maximum atomic E-state index is 13.0. The molecule has 2 aromatic rings. The van der Waals surface area contributed by atoms with E-state index in [4.69, 9.17) is 4.63 Å². The summed E-state index contributed by atoms with van der Waals surface area (Å²) < 4.78 is 4.79. The average Bonchev–Trinajstić information content (AvgIpc) is 2.93. The van der Waals surface area contributed by atoms with E-state index in [9.17, 15) is 14.7 Å². The molecular formula is C18H18N4O4. The van der Waals surface area contributed by atoms with Crippen LogP contribution in [0.4, 0.5) is 11.6 Å². The lowest BCUT2D eigenvalue weighted by Crippen LogP contribution is -2.32. The molecule has 8 nitrogen and oxygen atoms in total. The van der Waals surface area contributed by atoms with Crippen molar-refractivity contribution in [3.05, 3.63) is 46.7 Å². The van der Waals surface area contributed by atoms with E-state index in [1.165, 1.54) is 6.07 Å². The maximum absolute atomic E-state index is 13.0. The Kier molecular flexibility index (Phi) is 3.57. The number of anilines is 2. The van der Waals surface area contributed by atoms with Crippen molar-refractivity contribution in [2.75, 3.05) is 10.6 Å². The van der Waals surface area contributed by atoms with Gasteiger partial charge in [-0.15, -0.1) is 0 Å². The van der Waals surface area contributed by atoms with E-state index in [1.807, 2.05) is 13.8 Å². The van der Waals surface area contributed by atoms with Crippen LogP contribution in [0.25, 0.3) is 0 Å². The predicted molar refractivity (Wildman–Crippen MR) is 92.7 cm³/mol. The van der Waals surface area contributed by atoms with Crippen LogP contribution in [-0.2, 0) is 4.79 Å². The second-order valence-corrected chi connectivity index (χ2v) is 7.39. The van der Waals surface area contributed by atoms with Crippen molar-refractivity contribution in [1.82, 2.24) is 10.3 Å². The summed E-state index contributed by atoms with van der Waals surface area (Å²) in [4.78, 5) is 24.7. The molecule has 0 saturated carbocycles. The molecule has 2 aliphatic rings. The molecule has 1 aromatic carbocycles. The molecule has 0 bridgehead atoms. The van der Waals surface area contributed by atoms with Gasteiger partial charge in [0.1, 0.15) is 0 Å². The lowest BCUT2D eigenvalue weighted by atomic mass is 9.73. The van der Waals surface area contributed by atoms with E-state index in [1.54, 1.807) is 18.2 Å². The first-order valence-electron chi connectivity index (χ1n) is 8.30. The fourth-order valence-corrected chi connectivity index (χ4v) is 3.68. The number of benzene rings is 1. The number of carbonyl (C=O) groups excluding carboxylic acids is 1. The van der Waals surface area contributed by atoms with Gasteiger partial charge in [-0.05, 0) is 33.8 Å². The summed E-state index contributed by atoms with van der Waals surface area (Å²) >= 11 is 0. The third-order valence-corrected chi connectivity index (χ3v) is 4.75. The first-order valence-corrected chi connectivity index (χ1v) is 8.30. The number of carboxylic acid groups (broad SMARTS) is 1. The minimum atomic E-state index is -1.05. The van der Waals surface area contributed by atoms with E-state index < -0.39 is 12.0 Å². The van der Waals surface area contributed by atoms with Gasteiger partial charge in [-0.2, -0.15) is 0 Å². The zero-order valence-electron chi connectivity index (χ0n) is 14.4. The summed E-state index contributed by atoms with van der Waals surface area (Å²) in [7, 11) is 0. The van der Waals surface area contributed by atoms with Crippen LogP contribution in [0.5, 0.6) is 0 Å². The van der Waals surface area contributed by atoms with Crippen molar-refractivity contribution in [3.8, 4) is 0 Å². The molecule has 1 aliphatic heterocycles. The van der Waals surface area contributed by atoms with Gasteiger partial charge < -0.3 is 15.7 Å². The van der Waals surface area contributed by atoms with Gasteiger partial charge in [-0.25, -0.2) is 9.42 Å². The molecule has 3 N–H and O–H groups in total. The molecule has 2 heterocycles. The topological polar surface area (TPSA) is 117 Å². The Hall–Kier alpha value is -3.16. The van der Waals surface area contributed by atoms with Crippen molar-refractivity contribution < 1.29 is 19.3 Å². The molecule has 0 fully saturated rings. The lowest BCUT2D eigenvalue weighted by Gasteiger charge is -2.34. The van der Waals surface area contributed by atoms with Gasteiger partial charge in [0.2, 0.25) is 11.6 Å². The van der Waals surface area contributed by atoms with Crippen LogP contribution in [0.2, 0.25) is 0 Å². The number of rotatable bonds is 2. The van der Waals surface area contributed by atoms with Crippen LogP contribution in [0.15, 0.2) is 40.2 Å². The molecule has 1 unspecified atom stereocenters. The number of carbonyl (C=O) groups is 2. The normalized spacial score (nSPS) is 21.2. The highest BCUT2D eigenvalue weighted by Gasteiger charge is 2.40. The Morgan fingerprint density at radius 3 is 2.73 bits per heavy atom. The van der Waals surface area contributed by atoms with E-state index in [0.29, 0.717) is 35.6 Å². The standard InChI is InChI=1S/C18H18N4O4/c1-18(2)7-11-13(12(23)8-18)14(20-16-15(19-11)21-26-22-16)9-5-3-4-6-10(9)17(24)25/h3-6,14H,7-8H2,1-2H3,(H,19,21)(H,20,22)(H,24,25). The number of hydrogen-bond donors (Lipinski definition) is 3. The van der Waals surface area contributed by atoms with Gasteiger partial charge in [-0.1, -0.05) is 32.0 Å². The van der Waals surface area contributed by atoms with Gasteiger partial charge in [0.15, 0.2) is 5.78 Å². The molecule has 0 amide bonds. The Labute approximate surface area is 149 Å². The monoisotopic (exact) mass is 354 g/mol. The van der Waals surface area contributed by atoms with Crippen LogP contribution in [0.3, 0.4) is 0 Å². The van der Waals surface area contributed by atoms with E-state index in [-0.39, 0.29) is 16.8 Å². The highest BCUT2D eigenvalue weighted by molar-refractivity contribution is 6.01. The number of hydrogen-bond acceptors (Lipinski definition) is 7. The fraction of sp³-hybridized carbons (Fsp3) is 0.333. The van der Waals surface area contributed by atoms with E-state index in [2.05, 4.69) is 20.9 Å². The van der Waals surface area contributed by atoms with Crippen molar-refractivity contribution in [1.29, 1.82) is 0 Å². The highest BCUT2D eigenvalue weighted by Crippen LogP contribution is 2.45. The second-order valence-electron chi connectivity index (χ2n) is 7.39. The summed E-state index contributed by atoms with van der Waals surface area (Å²) in [5.74, 6) is -0.346. The number of aromatic carboxylic acids is 1. The zero-order valence-corrected chi connectivity index (χ0v) is 14.4. The summed E-state index contributed by atoms with van der Waals surface area (Å²) in [6, 6.07) is 5.99. The number of nitrogens with one attached hydrogen (secondary N) is 2. The molecule has 134 valence electrons. The van der Waals surface area contributed by atoms with Crippen LogP contribution in [0, 0.1) is 5.41 Å². The average molecular weight is 354 g/mol. The Bertz CT molecular complexity index is 944. The van der Waals surface area contributed by atoms with Crippen molar-refractivity contribution in [2.24, 2.45) is 5.41 Å². The summed E-state index contributed by atoms with van der Waals surface area (Å²) in [5, 5.41) is 23.6. The molecule has 1 atom stereocenters. The van der Waals surface area contributed by atoms with Crippen molar-refractivity contribution in [2.45, 2.75) is 32.7 Å². The smallest absolute Gasteiger partial charge is 0.336 e. The first kappa shape index (κ1) is 16.3. The van der Waals surface area contributed by atoms with Gasteiger partial charge in [-0.3, -0.25) is 4.79 Å². The molecule has 4 rings (SSSR count). The van der Waals surface area contributed by atoms with Crippen molar-refractivity contribution >= 4 is 23.4 Å². The fourth-order valence-electron chi connectivity index (χ4n) is 3.68. The summed E-state index contributed by atoms with van der Waals surface area (Å²) in [6.45, 7) is 4.05. The van der Waals surface area contributed by atoms with E-state index in [0.717, 1.165) is 5.70 Å². The van der Waals surface area contributed by atoms with Gasteiger partial charge in [0.05, 0.1) is 11.6 Å². The zero-order chi connectivity index (χ0) is 18.5. The molecule has 0 saturated heterocycles. The van der Waals surface area contributed by atoms with Crippen LogP contribution in [0.1, 0.15) is 48.7 Å². The second kappa shape index (κ2) is 5.69. The third-order valence-electron chi connectivity index (χ3n) is 4.75. The quantitative estimate of drug-likeness (QED) is 0.753. The summed E-state index contributed by atoms with van der Waals surface area (Å²) in [6.07, 6.45) is 1.02. The van der Waals surface area contributed by atoms with Gasteiger partial charge in [0, 0.05) is 17.7 Å². The molecular weight excluding hydrogens is 336 g/mol. The van der Waals surface area contributed by atoms with Crippen molar-refractivity contribution in [3.63, 3.8) is 0 Å². The third kappa shape index (κ3) is 2.63. The number of Topliss-reactive ketones (excluding diaryl/α,β-unsaturated/α-hetero) is 1. The number of nitrogens with zero attached hydrogens (tertiary/aromatic N) is 2. The minimum absolute atomic E-state index is 0.0245. The number of fused-ring (bicyclic) bond motifs is 1.